The van der Waals surface area contributed by atoms with Gasteiger partial charge in [-0.2, -0.15) is 0 Å². The molecule has 1 heterocycles. The van der Waals surface area contributed by atoms with Gasteiger partial charge >= 0.3 is 12.0 Å². The number of hydrogen-bond donors (Lipinski definition) is 3. The quantitative estimate of drug-likeness (QED) is 0.731. The number of carbonyl (C=O) groups excluding carboxylic acids is 1. The highest BCUT2D eigenvalue weighted by Crippen LogP contribution is 2.07. The van der Waals surface area contributed by atoms with E-state index in [1.54, 1.807) is 32.3 Å². The van der Waals surface area contributed by atoms with Crippen LogP contribution in [-0.2, 0) is 11.3 Å². The summed E-state index contributed by atoms with van der Waals surface area (Å²) in [4.78, 5) is 26.1. The normalized spacial score (nSPS) is 10.8. The molecule has 0 radical (unpaired) electrons. The molecule has 0 aliphatic carbocycles. The highest BCUT2D eigenvalue weighted by Gasteiger charge is 2.23. The standard InChI is InChI=1S/C12H17N3O3/c1-12(2,6-10(16)17)15-11(18)14-8-9-4-3-5-13-7-9/h3-5,7H,6,8H2,1-2H3,(H,16,17)(H2,14,15,18). The second kappa shape index (κ2) is 6.00. The number of pyridine rings is 1. The second-order valence-corrected chi connectivity index (χ2v) is 4.62. The lowest BCUT2D eigenvalue weighted by Crippen LogP contribution is -2.49. The maximum Gasteiger partial charge on any atom is 0.315 e. The fraction of sp³-hybridized carbons (Fsp3) is 0.417. The SMILES string of the molecule is CC(C)(CC(=O)O)NC(=O)NCc1cccnc1. The summed E-state index contributed by atoms with van der Waals surface area (Å²) in [6.45, 7) is 3.67. The molecule has 98 valence electrons. The van der Waals surface area contributed by atoms with E-state index in [-0.39, 0.29) is 6.42 Å². The van der Waals surface area contributed by atoms with E-state index in [9.17, 15) is 9.59 Å². The minimum atomic E-state index is -0.951. The summed E-state index contributed by atoms with van der Waals surface area (Å²) in [5.41, 5.74) is 0.0916. The Hall–Kier alpha value is -2.11. The Kier molecular flexibility index (Phi) is 4.65. The largest absolute Gasteiger partial charge is 0.481 e. The highest BCUT2D eigenvalue weighted by molar-refractivity contribution is 5.76. The van der Waals surface area contributed by atoms with Gasteiger partial charge in [-0.1, -0.05) is 6.07 Å². The number of amides is 2. The lowest BCUT2D eigenvalue weighted by Gasteiger charge is -2.24. The van der Waals surface area contributed by atoms with Crippen LogP contribution in [0.15, 0.2) is 24.5 Å². The number of hydrogen-bond acceptors (Lipinski definition) is 3. The number of nitrogens with zero attached hydrogens (tertiary/aromatic N) is 1. The Morgan fingerprint density at radius 2 is 2.17 bits per heavy atom. The van der Waals surface area contributed by atoms with Crippen molar-refractivity contribution < 1.29 is 14.7 Å². The summed E-state index contributed by atoms with van der Waals surface area (Å²) in [7, 11) is 0. The first-order valence-electron chi connectivity index (χ1n) is 5.56. The van der Waals surface area contributed by atoms with Crippen LogP contribution in [0.25, 0.3) is 0 Å². The van der Waals surface area contributed by atoms with Crippen LogP contribution in [0.4, 0.5) is 4.79 Å². The first-order chi connectivity index (χ1) is 8.39. The molecule has 3 N–H and O–H groups in total. The van der Waals surface area contributed by atoms with E-state index in [1.807, 2.05) is 6.07 Å². The third-order valence-corrected chi connectivity index (χ3v) is 2.22. The Bertz CT molecular complexity index is 418. The molecule has 1 aromatic rings. The topological polar surface area (TPSA) is 91.3 Å². The van der Waals surface area contributed by atoms with E-state index in [0.717, 1.165) is 5.56 Å². The molecule has 1 rings (SSSR count). The molecule has 0 fully saturated rings. The van der Waals surface area contributed by atoms with E-state index >= 15 is 0 Å². The minimum Gasteiger partial charge on any atom is -0.481 e. The van der Waals surface area contributed by atoms with Gasteiger partial charge in [0.2, 0.25) is 0 Å². The molecule has 18 heavy (non-hydrogen) atoms. The van der Waals surface area contributed by atoms with Gasteiger partial charge in [0.05, 0.1) is 6.42 Å². The van der Waals surface area contributed by atoms with Gasteiger partial charge in [-0.15, -0.1) is 0 Å². The van der Waals surface area contributed by atoms with E-state index in [4.69, 9.17) is 5.11 Å². The monoisotopic (exact) mass is 251 g/mol. The molecule has 2 amide bonds. The molecule has 6 heteroatoms. The summed E-state index contributed by atoms with van der Waals surface area (Å²) in [5, 5.41) is 13.9. The number of carboxylic acids is 1. The second-order valence-electron chi connectivity index (χ2n) is 4.62. The van der Waals surface area contributed by atoms with Gasteiger partial charge in [0.25, 0.3) is 0 Å². The molecule has 0 bridgehead atoms. The number of aliphatic carboxylic acids is 1. The minimum absolute atomic E-state index is 0.132. The molecule has 6 nitrogen and oxygen atoms in total. The number of rotatable bonds is 5. The number of nitrogens with one attached hydrogen (secondary N) is 2. The van der Waals surface area contributed by atoms with Gasteiger partial charge in [-0.05, 0) is 25.5 Å². The maximum atomic E-state index is 11.6. The van der Waals surface area contributed by atoms with Crippen molar-refractivity contribution in [1.29, 1.82) is 0 Å². The molecule has 0 aliphatic heterocycles. The Labute approximate surface area is 105 Å². The zero-order valence-electron chi connectivity index (χ0n) is 10.4. The predicted octanol–water partition coefficient (Wildman–Crippen LogP) is 1.13. The molecular formula is C12H17N3O3. The summed E-state index contributed by atoms with van der Waals surface area (Å²) in [6.07, 6.45) is 3.18. The zero-order chi connectivity index (χ0) is 13.6. The summed E-state index contributed by atoms with van der Waals surface area (Å²) < 4.78 is 0. The molecule has 0 spiro atoms. The van der Waals surface area contributed by atoms with Crippen LogP contribution in [0.1, 0.15) is 25.8 Å². The smallest absolute Gasteiger partial charge is 0.315 e. The molecule has 0 atom stereocenters. The van der Waals surface area contributed by atoms with Gasteiger partial charge in [0.15, 0.2) is 0 Å². The van der Waals surface area contributed by atoms with Crippen molar-refractivity contribution in [2.24, 2.45) is 0 Å². The number of carbonyl (C=O) groups is 2. The molecule has 0 aromatic carbocycles. The summed E-state index contributed by atoms with van der Waals surface area (Å²) in [6, 6.07) is 3.23. The van der Waals surface area contributed by atoms with Crippen LogP contribution in [0.2, 0.25) is 0 Å². The van der Waals surface area contributed by atoms with Crippen LogP contribution in [0.5, 0.6) is 0 Å². The van der Waals surface area contributed by atoms with E-state index in [2.05, 4.69) is 15.6 Å². The Morgan fingerprint density at radius 1 is 1.44 bits per heavy atom. The van der Waals surface area contributed by atoms with Gasteiger partial charge in [0, 0.05) is 24.5 Å². The maximum absolute atomic E-state index is 11.6. The average molecular weight is 251 g/mol. The number of urea groups is 1. The van der Waals surface area contributed by atoms with Crippen molar-refractivity contribution in [1.82, 2.24) is 15.6 Å². The lowest BCUT2D eigenvalue weighted by atomic mass is 10.0. The van der Waals surface area contributed by atoms with Crippen molar-refractivity contribution >= 4 is 12.0 Å². The molecule has 0 aliphatic rings. The number of carboxylic acid groups (broad SMARTS) is 1. The number of aromatic nitrogens is 1. The van der Waals surface area contributed by atoms with Gasteiger partial charge < -0.3 is 15.7 Å². The molecule has 0 saturated heterocycles. The molecule has 1 aromatic heterocycles. The van der Waals surface area contributed by atoms with Crippen molar-refractivity contribution in [2.45, 2.75) is 32.4 Å². The van der Waals surface area contributed by atoms with Gasteiger partial charge in [-0.25, -0.2) is 4.79 Å². The van der Waals surface area contributed by atoms with E-state index in [0.29, 0.717) is 6.54 Å². The lowest BCUT2D eigenvalue weighted by molar-refractivity contribution is -0.138. The van der Waals surface area contributed by atoms with Crippen LogP contribution in [0, 0.1) is 0 Å². The van der Waals surface area contributed by atoms with Crippen LogP contribution in [0.3, 0.4) is 0 Å². The van der Waals surface area contributed by atoms with Crippen molar-refractivity contribution in [3.8, 4) is 0 Å². The average Bonchev–Trinajstić information content (AvgIpc) is 2.25. The van der Waals surface area contributed by atoms with Crippen LogP contribution in [-0.4, -0.2) is 27.6 Å². The molecular weight excluding hydrogens is 234 g/mol. The third kappa shape index (κ3) is 5.29. The Morgan fingerprint density at radius 3 is 2.72 bits per heavy atom. The fourth-order valence-electron chi connectivity index (χ4n) is 1.46. The van der Waals surface area contributed by atoms with E-state index < -0.39 is 17.5 Å². The summed E-state index contributed by atoms with van der Waals surface area (Å²) in [5.74, 6) is -0.951. The van der Waals surface area contributed by atoms with E-state index in [1.165, 1.54) is 0 Å². The Balaban J connectivity index is 2.40. The van der Waals surface area contributed by atoms with Crippen molar-refractivity contribution in [3.05, 3.63) is 30.1 Å². The summed E-state index contributed by atoms with van der Waals surface area (Å²) >= 11 is 0. The third-order valence-electron chi connectivity index (χ3n) is 2.22. The predicted molar refractivity (Wildman–Crippen MR) is 65.9 cm³/mol. The first kappa shape index (κ1) is 14.0. The highest BCUT2D eigenvalue weighted by atomic mass is 16.4. The zero-order valence-corrected chi connectivity index (χ0v) is 10.4. The van der Waals surface area contributed by atoms with Gasteiger partial charge in [0.1, 0.15) is 0 Å². The first-order valence-corrected chi connectivity index (χ1v) is 5.56. The van der Waals surface area contributed by atoms with Crippen molar-refractivity contribution in [3.63, 3.8) is 0 Å². The molecule has 0 saturated carbocycles. The fourth-order valence-corrected chi connectivity index (χ4v) is 1.46. The van der Waals surface area contributed by atoms with Gasteiger partial charge in [-0.3, -0.25) is 9.78 Å². The van der Waals surface area contributed by atoms with Crippen LogP contribution >= 0.6 is 0 Å². The van der Waals surface area contributed by atoms with Crippen LogP contribution < -0.4 is 10.6 Å². The van der Waals surface area contributed by atoms with Crippen molar-refractivity contribution in [2.75, 3.05) is 0 Å². The molecule has 0 unspecified atom stereocenters.